The molecule has 2 aromatic rings. The second kappa shape index (κ2) is 6.30. The van der Waals surface area contributed by atoms with Crippen molar-refractivity contribution in [3.63, 3.8) is 0 Å². The Kier molecular flexibility index (Phi) is 4.24. The van der Waals surface area contributed by atoms with Gasteiger partial charge in [-0.15, -0.1) is 0 Å². The quantitative estimate of drug-likeness (QED) is 0.624. The van der Waals surface area contributed by atoms with Gasteiger partial charge in [0.15, 0.2) is 0 Å². The Morgan fingerprint density at radius 3 is 2.48 bits per heavy atom. The average molecular weight is 276 g/mol. The topological polar surface area (TPSA) is 0 Å². The highest BCUT2D eigenvalue weighted by molar-refractivity contribution is 5.80. The third-order valence-corrected chi connectivity index (χ3v) is 4.50. The number of benzene rings is 2. The van der Waals surface area contributed by atoms with Crippen LogP contribution < -0.4 is 0 Å². The van der Waals surface area contributed by atoms with Crippen LogP contribution in [-0.2, 0) is 12.8 Å². The van der Waals surface area contributed by atoms with Crippen molar-refractivity contribution in [1.82, 2.24) is 0 Å². The second-order valence-electron chi connectivity index (χ2n) is 6.01. The molecule has 0 saturated carbocycles. The first-order valence-electron chi connectivity index (χ1n) is 8.22. The Morgan fingerprint density at radius 1 is 0.952 bits per heavy atom. The molecule has 0 heterocycles. The van der Waals surface area contributed by atoms with E-state index >= 15 is 0 Å². The van der Waals surface area contributed by atoms with Crippen molar-refractivity contribution in [3.8, 4) is 11.1 Å². The van der Waals surface area contributed by atoms with Crippen molar-refractivity contribution in [3.05, 3.63) is 64.7 Å². The molecule has 0 atom stereocenters. The Labute approximate surface area is 128 Å². The van der Waals surface area contributed by atoms with Gasteiger partial charge in [0.05, 0.1) is 0 Å². The van der Waals surface area contributed by atoms with Gasteiger partial charge in [-0.3, -0.25) is 0 Å². The molecule has 0 bridgehead atoms. The van der Waals surface area contributed by atoms with Crippen molar-refractivity contribution < 1.29 is 0 Å². The van der Waals surface area contributed by atoms with Crippen molar-refractivity contribution in [2.75, 3.05) is 0 Å². The first-order valence-corrected chi connectivity index (χ1v) is 8.22. The Morgan fingerprint density at radius 2 is 1.76 bits per heavy atom. The molecular formula is C21H24. The van der Waals surface area contributed by atoms with Gasteiger partial charge in [0, 0.05) is 0 Å². The predicted octanol–water partition coefficient (Wildman–Crippen LogP) is 6.05. The molecule has 0 radical (unpaired) electrons. The predicted molar refractivity (Wildman–Crippen MR) is 92.5 cm³/mol. The summed E-state index contributed by atoms with van der Waals surface area (Å²) in [5.41, 5.74) is 8.67. The van der Waals surface area contributed by atoms with E-state index in [1.165, 1.54) is 47.1 Å². The van der Waals surface area contributed by atoms with Crippen LogP contribution >= 0.6 is 0 Å². The molecule has 21 heavy (non-hydrogen) atoms. The second-order valence-corrected chi connectivity index (χ2v) is 6.01. The molecule has 0 spiro atoms. The summed E-state index contributed by atoms with van der Waals surface area (Å²) in [4.78, 5) is 0. The first kappa shape index (κ1) is 14.1. The number of aryl methyl sites for hydroxylation is 1. The summed E-state index contributed by atoms with van der Waals surface area (Å²) < 4.78 is 0. The number of allylic oxidation sites excluding steroid dienone is 1. The van der Waals surface area contributed by atoms with Crippen LogP contribution in [0.4, 0.5) is 0 Å². The molecule has 108 valence electrons. The average Bonchev–Trinajstić information content (AvgIpc) is 2.96. The zero-order chi connectivity index (χ0) is 14.7. The van der Waals surface area contributed by atoms with Gasteiger partial charge in [0.25, 0.3) is 0 Å². The lowest BCUT2D eigenvalue weighted by Crippen LogP contribution is -1.89. The number of hydrogen-bond donors (Lipinski definition) is 0. The van der Waals surface area contributed by atoms with Gasteiger partial charge in [-0.2, -0.15) is 0 Å². The van der Waals surface area contributed by atoms with Crippen LogP contribution in [-0.4, -0.2) is 0 Å². The minimum atomic E-state index is 1.13. The fraction of sp³-hybridized carbons (Fsp3) is 0.333. The molecule has 3 rings (SSSR count). The molecule has 0 nitrogen and oxygen atoms in total. The molecule has 0 aromatic heterocycles. The van der Waals surface area contributed by atoms with Crippen molar-refractivity contribution >= 4 is 6.08 Å². The van der Waals surface area contributed by atoms with Crippen LogP contribution in [0.25, 0.3) is 17.2 Å². The molecule has 0 amide bonds. The first-order chi connectivity index (χ1) is 10.3. The molecule has 0 saturated heterocycles. The molecule has 0 fully saturated rings. The van der Waals surface area contributed by atoms with Crippen LogP contribution in [0.2, 0.25) is 0 Å². The van der Waals surface area contributed by atoms with Gasteiger partial charge in [-0.05, 0) is 53.5 Å². The van der Waals surface area contributed by atoms with Crippen molar-refractivity contribution in [2.24, 2.45) is 0 Å². The van der Waals surface area contributed by atoms with Gasteiger partial charge < -0.3 is 0 Å². The largest absolute Gasteiger partial charge is 0.0655 e. The lowest BCUT2D eigenvalue weighted by atomic mass is 9.96. The third kappa shape index (κ3) is 2.95. The summed E-state index contributed by atoms with van der Waals surface area (Å²) in [7, 11) is 0. The molecule has 1 aliphatic carbocycles. The molecule has 0 N–H and O–H groups in total. The minimum absolute atomic E-state index is 1.13. The fourth-order valence-corrected chi connectivity index (χ4v) is 3.15. The number of rotatable bonds is 5. The Hall–Kier alpha value is -1.82. The molecule has 0 heteroatoms. The zero-order valence-electron chi connectivity index (χ0n) is 13.2. The molecule has 0 aliphatic heterocycles. The zero-order valence-corrected chi connectivity index (χ0v) is 13.2. The van der Waals surface area contributed by atoms with Crippen molar-refractivity contribution in [1.29, 1.82) is 0 Å². The number of unbranched alkanes of at least 4 members (excludes halogenated alkanes) is 1. The van der Waals surface area contributed by atoms with E-state index in [2.05, 4.69) is 62.4 Å². The maximum absolute atomic E-state index is 2.40. The maximum atomic E-state index is 2.40. The van der Waals surface area contributed by atoms with Gasteiger partial charge in [-0.1, -0.05) is 74.4 Å². The van der Waals surface area contributed by atoms with E-state index in [1.54, 1.807) is 5.57 Å². The fourth-order valence-electron chi connectivity index (χ4n) is 3.15. The van der Waals surface area contributed by atoms with E-state index in [4.69, 9.17) is 0 Å². The van der Waals surface area contributed by atoms with Gasteiger partial charge >= 0.3 is 0 Å². The molecular weight excluding hydrogens is 252 g/mol. The van der Waals surface area contributed by atoms with Crippen LogP contribution in [0, 0.1) is 0 Å². The summed E-state index contributed by atoms with van der Waals surface area (Å²) in [6.45, 7) is 4.50. The smallest absolute Gasteiger partial charge is 0.00577 e. The summed E-state index contributed by atoms with van der Waals surface area (Å²) in [6.07, 6.45) is 8.43. The normalized spacial score (nSPS) is 13.1. The van der Waals surface area contributed by atoms with E-state index in [-0.39, 0.29) is 0 Å². The summed E-state index contributed by atoms with van der Waals surface area (Å²) >= 11 is 0. The lowest BCUT2D eigenvalue weighted by Gasteiger charge is -2.09. The van der Waals surface area contributed by atoms with Crippen LogP contribution in [0.5, 0.6) is 0 Å². The van der Waals surface area contributed by atoms with E-state index < -0.39 is 0 Å². The van der Waals surface area contributed by atoms with E-state index in [9.17, 15) is 0 Å². The van der Waals surface area contributed by atoms with Crippen LogP contribution in [0.15, 0.2) is 48.0 Å². The molecule has 1 aliphatic rings. The summed E-state index contributed by atoms with van der Waals surface area (Å²) in [5, 5.41) is 0. The minimum Gasteiger partial charge on any atom is -0.0655 e. The lowest BCUT2D eigenvalue weighted by molar-refractivity contribution is 0.795. The number of hydrogen-bond acceptors (Lipinski definition) is 0. The monoisotopic (exact) mass is 276 g/mol. The van der Waals surface area contributed by atoms with Crippen LogP contribution in [0.3, 0.4) is 0 Å². The molecule has 0 unspecified atom stereocenters. The Bertz CT molecular complexity index is 644. The number of fused-ring (bicyclic) bond motifs is 1. The summed E-state index contributed by atoms with van der Waals surface area (Å²) in [5.74, 6) is 0. The highest BCUT2D eigenvalue weighted by atomic mass is 14.2. The highest BCUT2D eigenvalue weighted by Gasteiger charge is 2.15. The van der Waals surface area contributed by atoms with Crippen molar-refractivity contribution in [2.45, 2.75) is 46.0 Å². The van der Waals surface area contributed by atoms with Crippen LogP contribution in [0.1, 0.15) is 49.8 Å². The van der Waals surface area contributed by atoms with Gasteiger partial charge in [0.1, 0.15) is 0 Å². The molecule has 2 aromatic carbocycles. The Balaban J connectivity index is 1.91. The van der Waals surface area contributed by atoms with E-state index in [0.29, 0.717) is 0 Å². The highest BCUT2D eigenvalue weighted by Crippen LogP contribution is 2.34. The van der Waals surface area contributed by atoms with E-state index in [1.807, 2.05) is 0 Å². The standard InChI is InChI=1S/C21H24/c1-3-5-7-17-10-12-18(13-11-17)20-9-6-8-19-14-16(4-2)15-21(19)20/h6,8-13,15H,3-5,7,14H2,1-2H3. The SMILES string of the molecule is CCCCc1ccc(-c2cccc3c2C=C(CC)C3)cc1. The third-order valence-electron chi connectivity index (χ3n) is 4.50. The summed E-state index contributed by atoms with van der Waals surface area (Å²) in [6, 6.07) is 15.9. The maximum Gasteiger partial charge on any atom is -0.00577 e. The van der Waals surface area contributed by atoms with E-state index in [0.717, 1.165) is 12.8 Å². The van der Waals surface area contributed by atoms with Gasteiger partial charge in [0.2, 0.25) is 0 Å². The van der Waals surface area contributed by atoms with Gasteiger partial charge in [-0.25, -0.2) is 0 Å².